The minimum Gasteiger partial charge on any atom is -0.894 e. The molecule has 0 rings (SSSR count). The molecule has 0 aromatic carbocycles. The first kappa shape index (κ1) is 15.6. The first-order valence-corrected chi connectivity index (χ1v) is 2.45. The topological polar surface area (TPSA) is 92.2 Å². The van der Waals surface area contributed by atoms with Crippen molar-refractivity contribution in [2.75, 3.05) is 0 Å². The number of rotatable bonds is 0. The van der Waals surface area contributed by atoms with Gasteiger partial charge in [0.15, 0.2) is 0 Å². The minimum atomic E-state index is -5.61. The van der Waals surface area contributed by atoms with E-state index < -0.39 is 9.05 Å². The zero-order valence-electron chi connectivity index (χ0n) is 3.71. The van der Waals surface area contributed by atoms with Crippen molar-refractivity contribution < 1.29 is 38.0 Å². The molecule has 0 atom stereocenters. The average molecular weight is 110 g/mol. The van der Waals surface area contributed by atoms with Gasteiger partial charge < -0.3 is 28.2 Å². The van der Waals surface area contributed by atoms with Crippen LogP contribution < -0.4 is 38.0 Å². The van der Waals surface area contributed by atoms with E-state index in [1.807, 2.05) is 0 Å². The Labute approximate surface area is 56.0 Å². The third kappa shape index (κ3) is 289. The Morgan fingerprint density at radius 1 is 0.857 bits per heavy atom. The number of hydrogen-bond donors (Lipinski definition) is 0. The van der Waals surface area contributed by atoms with Gasteiger partial charge in [0.1, 0.15) is 0 Å². The maximum Gasteiger partial charge on any atom is 3.00 e. The molecule has 0 aromatic heterocycles. The van der Waals surface area contributed by atoms with Crippen molar-refractivity contribution in [1.29, 1.82) is 0 Å². The quantitative estimate of drug-likeness (QED) is 0.289. The second-order valence-electron chi connectivity index (χ2n) is 0.500. The minimum absolute atomic E-state index is 0. The second-order valence-corrected chi connectivity index (χ2v) is 1.50. The molecule has 0 N–H and O–H groups in total. The van der Waals surface area contributed by atoms with E-state index in [4.69, 9.17) is 19.2 Å². The van der Waals surface area contributed by atoms with Crippen LogP contribution in [-0.2, 0) is 0 Å². The summed E-state index contributed by atoms with van der Waals surface area (Å²) in [7, 11) is -5.61. The van der Waals surface area contributed by atoms with Gasteiger partial charge in [-0.2, -0.15) is 0 Å². The van der Waals surface area contributed by atoms with E-state index in [0.29, 0.717) is 0 Å². The molecule has 0 saturated heterocycles. The van der Waals surface area contributed by atoms with Crippen LogP contribution in [-0.4, -0.2) is 17.5 Å². The molecule has 0 aromatic rings. The number of hydrogen-bond acceptors (Lipinski definition) is 4. The van der Waals surface area contributed by atoms with Crippen molar-refractivity contribution in [2.45, 2.75) is 0 Å². The molecule has 0 amide bonds. The first-order valence-electron chi connectivity index (χ1n) is 0.816. The molecule has 0 unspecified atom stereocenters. The van der Waals surface area contributed by atoms with E-state index in [2.05, 4.69) is 0 Å². The Kier molecular flexibility index (Phi) is 10.9. The van der Waals surface area contributed by atoms with E-state index in [-0.39, 0.29) is 27.3 Å². The summed E-state index contributed by atoms with van der Waals surface area (Å²) in [6.07, 6.45) is 0. The molecule has 0 aliphatic carbocycles. The molecule has 7 heavy (non-hydrogen) atoms. The van der Waals surface area contributed by atoms with E-state index in [1.165, 1.54) is 0 Å². The van der Waals surface area contributed by atoms with Gasteiger partial charge in [0.05, 0.1) is 0 Å². The summed E-state index contributed by atoms with van der Waals surface area (Å²) >= 11 is 0. The molecule has 0 fully saturated rings. The van der Waals surface area contributed by atoms with Crippen LogP contribution >= 0.6 is 0 Å². The SMILES string of the molecule is [B+3].[Li+].[O-][Si]([O-])([O-])[O-]. The summed E-state index contributed by atoms with van der Waals surface area (Å²) in [6, 6.07) is 0. The third-order valence-electron chi connectivity index (χ3n) is 0. The summed E-state index contributed by atoms with van der Waals surface area (Å²) in [5.41, 5.74) is 0. The van der Waals surface area contributed by atoms with Gasteiger partial charge in [-0.15, -0.1) is 0 Å². The fourth-order valence-corrected chi connectivity index (χ4v) is 0. The molecule has 0 heterocycles. The van der Waals surface area contributed by atoms with Gasteiger partial charge >= 0.3 is 27.3 Å². The van der Waals surface area contributed by atoms with Gasteiger partial charge in [0, 0.05) is 0 Å². The monoisotopic (exact) mass is 110 g/mol. The largest absolute Gasteiger partial charge is 3.00 e. The third-order valence-corrected chi connectivity index (χ3v) is 0. The van der Waals surface area contributed by atoms with Crippen LogP contribution in [0.5, 0.6) is 0 Å². The Morgan fingerprint density at radius 3 is 0.857 bits per heavy atom. The molecule has 4 nitrogen and oxygen atoms in total. The van der Waals surface area contributed by atoms with Gasteiger partial charge in [0.2, 0.25) is 0 Å². The van der Waals surface area contributed by atoms with Crippen LogP contribution in [0.1, 0.15) is 0 Å². The normalized spacial score (nSPS) is 8.57. The molecule has 0 saturated carbocycles. The molecule has 0 radical (unpaired) electrons. The standard InChI is InChI=1S/B.Li.O4Si/c;;1-5(2,3)4/q+3;+1;-4. The fourth-order valence-electron chi connectivity index (χ4n) is 0. The molecule has 0 aliphatic heterocycles. The van der Waals surface area contributed by atoms with Gasteiger partial charge in [-0.1, -0.05) is 0 Å². The Morgan fingerprint density at radius 2 is 0.857 bits per heavy atom. The maximum absolute atomic E-state index is 8.58. The van der Waals surface area contributed by atoms with E-state index in [9.17, 15) is 0 Å². The van der Waals surface area contributed by atoms with E-state index in [0.717, 1.165) is 0 Å². The zero-order chi connectivity index (χ0) is 4.50. The average Bonchev–Trinajstić information content (AvgIpc) is 0.722. The fraction of sp³-hybridized carbons (Fsp3) is 0. The van der Waals surface area contributed by atoms with Gasteiger partial charge in [-0.25, -0.2) is 0 Å². The van der Waals surface area contributed by atoms with Crippen molar-refractivity contribution in [3.63, 3.8) is 0 Å². The molecule has 0 bridgehead atoms. The molecule has 32 valence electrons. The Hall–Kier alpha value is 0.719. The van der Waals surface area contributed by atoms with Crippen molar-refractivity contribution in [3.8, 4) is 0 Å². The van der Waals surface area contributed by atoms with Crippen LogP contribution in [0.15, 0.2) is 0 Å². The van der Waals surface area contributed by atoms with Gasteiger partial charge in [-0.05, 0) is 0 Å². The predicted molar refractivity (Wildman–Crippen MR) is 11.5 cm³/mol. The van der Waals surface area contributed by atoms with Crippen molar-refractivity contribution in [2.24, 2.45) is 0 Å². The van der Waals surface area contributed by atoms with Crippen LogP contribution in [0.25, 0.3) is 0 Å². The van der Waals surface area contributed by atoms with Crippen molar-refractivity contribution in [3.05, 3.63) is 0 Å². The molecule has 0 spiro atoms. The van der Waals surface area contributed by atoms with E-state index in [1.54, 1.807) is 0 Å². The van der Waals surface area contributed by atoms with Gasteiger partial charge in [0.25, 0.3) is 0 Å². The summed E-state index contributed by atoms with van der Waals surface area (Å²) in [5.74, 6) is 0. The second kappa shape index (κ2) is 4.87. The van der Waals surface area contributed by atoms with Crippen LogP contribution in [0.3, 0.4) is 0 Å². The smallest absolute Gasteiger partial charge is 0.894 e. The van der Waals surface area contributed by atoms with Crippen LogP contribution in [0.2, 0.25) is 0 Å². The summed E-state index contributed by atoms with van der Waals surface area (Å²) in [5, 5.41) is 0. The van der Waals surface area contributed by atoms with Crippen molar-refractivity contribution >= 4 is 17.5 Å². The van der Waals surface area contributed by atoms with Gasteiger partial charge in [-0.3, -0.25) is 0 Å². The van der Waals surface area contributed by atoms with Crippen LogP contribution in [0.4, 0.5) is 0 Å². The molecule has 0 aliphatic rings. The Balaban J connectivity index is -0.0000000800. The summed E-state index contributed by atoms with van der Waals surface area (Å²) in [6.45, 7) is 0. The predicted octanol–water partition coefficient (Wildman–Crippen LogP) is -8.51. The summed E-state index contributed by atoms with van der Waals surface area (Å²) in [4.78, 5) is 34.3. The summed E-state index contributed by atoms with van der Waals surface area (Å²) < 4.78 is 0. The molecular formula is BLiO4Si. The maximum atomic E-state index is 8.58. The van der Waals surface area contributed by atoms with E-state index >= 15 is 0 Å². The molecule has 7 heteroatoms. The first-order chi connectivity index (χ1) is 2.00. The zero-order valence-corrected chi connectivity index (χ0v) is 4.71. The van der Waals surface area contributed by atoms with Crippen molar-refractivity contribution in [1.82, 2.24) is 0 Å². The Bertz CT molecular complexity index is 27.2. The molecular weight excluding hydrogens is 110 g/mol. The van der Waals surface area contributed by atoms with Crippen LogP contribution in [0, 0.1) is 0 Å².